The van der Waals surface area contributed by atoms with E-state index in [1.54, 1.807) is 31.6 Å². The van der Waals surface area contributed by atoms with Crippen molar-refractivity contribution in [1.82, 2.24) is 30.4 Å². The molecule has 4 N–H and O–H groups in total. The topological polar surface area (TPSA) is 126 Å². The van der Waals surface area contributed by atoms with Crippen molar-refractivity contribution in [3.63, 3.8) is 0 Å². The second-order valence-electron chi connectivity index (χ2n) is 9.66. The van der Waals surface area contributed by atoms with Crippen molar-refractivity contribution < 1.29 is 14.6 Å². The fraction of sp³-hybridized carbons (Fsp3) is 0.379. The lowest BCUT2D eigenvalue weighted by Gasteiger charge is -2.14. The van der Waals surface area contributed by atoms with Gasteiger partial charge >= 0.3 is 0 Å². The van der Waals surface area contributed by atoms with Gasteiger partial charge in [0.2, 0.25) is 0 Å². The van der Waals surface area contributed by atoms with Gasteiger partial charge in [-0.1, -0.05) is 12.1 Å². The van der Waals surface area contributed by atoms with E-state index in [2.05, 4.69) is 39.9 Å². The van der Waals surface area contributed by atoms with Crippen molar-refractivity contribution in [3.8, 4) is 17.0 Å². The van der Waals surface area contributed by atoms with Crippen LogP contribution in [0.3, 0.4) is 0 Å². The van der Waals surface area contributed by atoms with Crippen LogP contribution in [0.25, 0.3) is 22.3 Å². The number of anilines is 1. The van der Waals surface area contributed by atoms with E-state index in [0.29, 0.717) is 24.4 Å². The molecule has 0 bridgehead atoms. The number of hydrogen-bond acceptors (Lipinski definition) is 8. The highest BCUT2D eigenvalue weighted by Crippen LogP contribution is 2.31. The molecule has 0 saturated carbocycles. The van der Waals surface area contributed by atoms with Gasteiger partial charge in [-0.05, 0) is 64.1 Å². The molecule has 0 aliphatic rings. The molecular formula is C29H37N7O3. The van der Waals surface area contributed by atoms with Gasteiger partial charge in [0.15, 0.2) is 5.65 Å². The molecule has 0 saturated heterocycles. The zero-order chi connectivity index (χ0) is 27.6. The first-order chi connectivity index (χ1) is 19.0. The lowest BCUT2D eigenvalue weighted by atomic mass is 10.1. The third-order valence-corrected chi connectivity index (χ3v) is 6.20. The number of likely N-dealkylation sites (N-methyl/N-ethyl adjacent to an activating group) is 1. The van der Waals surface area contributed by atoms with Gasteiger partial charge in [-0.3, -0.25) is 9.78 Å². The number of aromatic nitrogens is 4. The highest BCUT2D eigenvalue weighted by atomic mass is 16.5. The van der Waals surface area contributed by atoms with E-state index in [-0.39, 0.29) is 18.6 Å². The summed E-state index contributed by atoms with van der Waals surface area (Å²) in [6.07, 6.45) is 6.19. The van der Waals surface area contributed by atoms with Crippen molar-refractivity contribution in [2.75, 3.05) is 38.6 Å². The average Bonchev–Trinajstić information content (AvgIpc) is 3.39. The molecule has 1 amide bonds. The van der Waals surface area contributed by atoms with Crippen molar-refractivity contribution in [2.45, 2.75) is 38.8 Å². The number of fused-ring (bicyclic) bond motifs is 1. The number of hydrogen-bond donors (Lipinski definition) is 4. The molecule has 0 radical (unpaired) electrons. The third kappa shape index (κ3) is 7.52. The van der Waals surface area contributed by atoms with Crippen molar-refractivity contribution in [3.05, 3.63) is 66.6 Å². The predicted molar refractivity (Wildman–Crippen MR) is 153 cm³/mol. The number of pyridine rings is 2. The van der Waals surface area contributed by atoms with Gasteiger partial charge in [0.05, 0.1) is 22.8 Å². The number of aliphatic hydroxyl groups excluding tert-OH is 1. The van der Waals surface area contributed by atoms with Crippen LogP contribution in [0.1, 0.15) is 43.1 Å². The van der Waals surface area contributed by atoms with Gasteiger partial charge in [-0.2, -0.15) is 5.10 Å². The smallest absolute Gasteiger partial charge is 0.252 e. The molecule has 4 aromatic rings. The molecule has 0 aliphatic heterocycles. The number of carbonyl (C=O) groups excluding carboxylic acids is 1. The summed E-state index contributed by atoms with van der Waals surface area (Å²) in [4.78, 5) is 21.1. The second-order valence-corrected chi connectivity index (χ2v) is 9.66. The Kier molecular flexibility index (Phi) is 9.82. The number of nitrogens with one attached hydrogen (secondary N) is 3. The Labute approximate surface area is 228 Å². The van der Waals surface area contributed by atoms with Gasteiger partial charge in [-0.25, -0.2) is 9.67 Å². The normalized spacial score (nSPS) is 12.0. The molecule has 3 heterocycles. The zero-order valence-electron chi connectivity index (χ0n) is 22.7. The maximum Gasteiger partial charge on any atom is 0.252 e. The predicted octanol–water partition coefficient (Wildman–Crippen LogP) is 3.66. The summed E-state index contributed by atoms with van der Waals surface area (Å²) >= 11 is 0. The summed E-state index contributed by atoms with van der Waals surface area (Å²) in [6.45, 7) is 6.15. The van der Waals surface area contributed by atoms with Crippen molar-refractivity contribution >= 4 is 22.6 Å². The van der Waals surface area contributed by atoms with Crippen molar-refractivity contribution in [1.29, 1.82) is 0 Å². The molecule has 0 aliphatic carbocycles. The van der Waals surface area contributed by atoms with Gasteiger partial charge in [0, 0.05) is 49.3 Å². The first kappa shape index (κ1) is 28.0. The third-order valence-electron chi connectivity index (χ3n) is 6.20. The van der Waals surface area contributed by atoms with Gasteiger partial charge in [0.25, 0.3) is 5.91 Å². The zero-order valence-corrected chi connectivity index (χ0v) is 22.7. The lowest BCUT2D eigenvalue weighted by Crippen LogP contribution is -2.29. The lowest BCUT2D eigenvalue weighted by molar-refractivity contribution is 0.0952. The Balaban J connectivity index is 1.44. The van der Waals surface area contributed by atoms with Crippen LogP contribution in [0.5, 0.6) is 5.75 Å². The van der Waals surface area contributed by atoms with Crippen molar-refractivity contribution in [2.24, 2.45) is 0 Å². The molecule has 0 fully saturated rings. The number of nitrogens with zero attached hydrogens (tertiary/aromatic N) is 4. The monoisotopic (exact) mass is 531 g/mol. The summed E-state index contributed by atoms with van der Waals surface area (Å²) in [5, 5.41) is 25.0. The summed E-state index contributed by atoms with van der Waals surface area (Å²) in [6, 6.07) is 13.4. The first-order valence-corrected chi connectivity index (χ1v) is 13.3. The average molecular weight is 532 g/mol. The molecular weight excluding hydrogens is 494 g/mol. The summed E-state index contributed by atoms with van der Waals surface area (Å²) in [5.41, 5.74) is 4.04. The molecule has 39 heavy (non-hydrogen) atoms. The van der Waals surface area contributed by atoms with E-state index in [0.717, 1.165) is 47.4 Å². The van der Waals surface area contributed by atoms with E-state index >= 15 is 0 Å². The van der Waals surface area contributed by atoms with E-state index < -0.39 is 6.10 Å². The molecule has 0 spiro atoms. The Morgan fingerprint density at radius 1 is 1.10 bits per heavy atom. The number of benzene rings is 1. The Bertz CT molecular complexity index is 1360. The molecule has 10 heteroatoms. The van der Waals surface area contributed by atoms with Gasteiger partial charge < -0.3 is 25.8 Å². The van der Waals surface area contributed by atoms with Crippen LogP contribution in [0, 0.1) is 0 Å². The molecule has 3 aromatic heterocycles. The summed E-state index contributed by atoms with van der Waals surface area (Å²) in [7, 11) is 1.79. The molecule has 1 aromatic carbocycles. The van der Waals surface area contributed by atoms with Gasteiger partial charge in [-0.15, -0.1) is 0 Å². The SMILES string of the molecule is CNCC(O)COc1cccc(-c2cc(NCCCCNC(=O)c3cccnc3)c3cnn(C(C)C)c3n2)c1. The molecule has 1 atom stereocenters. The highest BCUT2D eigenvalue weighted by molar-refractivity contribution is 5.94. The molecule has 1 unspecified atom stereocenters. The van der Waals surface area contributed by atoms with Gasteiger partial charge in [0.1, 0.15) is 18.5 Å². The van der Waals surface area contributed by atoms with E-state index in [1.165, 1.54) is 0 Å². The number of aliphatic hydroxyl groups is 1. The minimum atomic E-state index is -0.590. The molecule has 4 rings (SSSR count). The van der Waals surface area contributed by atoms with Crippen LogP contribution < -0.4 is 20.7 Å². The Morgan fingerprint density at radius 3 is 2.72 bits per heavy atom. The Morgan fingerprint density at radius 2 is 1.95 bits per heavy atom. The van der Waals surface area contributed by atoms with E-state index in [9.17, 15) is 9.90 Å². The number of amides is 1. The van der Waals surface area contributed by atoms with Crippen LogP contribution >= 0.6 is 0 Å². The fourth-order valence-electron chi connectivity index (χ4n) is 4.20. The minimum Gasteiger partial charge on any atom is -0.491 e. The molecule has 206 valence electrons. The quantitative estimate of drug-likeness (QED) is 0.182. The summed E-state index contributed by atoms with van der Waals surface area (Å²) in [5.74, 6) is 0.560. The van der Waals surface area contributed by atoms with Crippen LogP contribution in [-0.4, -0.2) is 70.2 Å². The Hall–Kier alpha value is -4.02. The van der Waals surface area contributed by atoms with E-state index in [1.807, 2.05) is 41.2 Å². The number of carbonyl (C=O) groups is 1. The van der Waals surface area contributed by atoms with Crippen LogP contribution in [0.4, 0.5) is 5.69 Å². The largest absolute Gasteiger partial charge is 0.491 e. The highest BCUT2D eigenvalue weighted by Gasteiger charge is 2.15. The number of unbranched alkanes of at least 4 members (excludes halogenated alkanes) is 1. The van der Waals surface area contributed by atoms with Crippen LogP contribution in [0.15, 0.2) is 61.1 Å². The number of rotatable bonds is 14. The number of ether oxygens (including phenoxy) is 1. The molecule has 10 nitrogen and oxygen atoms in total. The minimum absolute atomic E-state index is 0.111. The maximum absolute atomic E-state index is 12.2. The van der Waals surface area contributed by atoms with E-state index in [4.69, 9.17) is 9.72 Å². The summed E-state index contributed by atoms with van der Waals surface area (Å²) < 4.78 is 7.73. The van der Waals surface area contributed by atoms with Crippen LogP contribution in [-0.2, 0) is 0 Å². The standard InChI is InChI=1S/C29H37N7O3/c1-20(2)36-28-25(18-34-36)27(32-12-4-5-13-33-29(38)22-9-7-11-31-16-22)15-26(35-28)21-8-6-10-24(14-21)39-19-23(37)17-30-3/h6-11,14-16,18,20,23,30,37H,4-5,12-13,17,19H2,1-3H3,(H,32,35)(H,33,38). The van der Waals surface area contributed by atoms with Crippen LogP contribution in [0.2, 0.25) is 0 Å². The second kappa shape index (κ2) is 13.7. The first-order valence-electron chi connectivity index (χ1n) is 13.3. The maximum atomic E-state index is 12.2. The fourth-order valence-corrected chi connectivity index (χ4v) is 4.20.